The van der Waals surface area contributed by atoms with Crippen molar-refractivity contribution in [3.05, 3.63) is 51.5 Å². The Labute approximate surface area is 120 Å². The molecule has 0 saturated carbocycles. The van der Waals surface area contributed by atoms with Gasteiger partial charge in [0.2, 0.25) is 0 Å². The van der Waals surface area contributed by atoms with Crippen LogP contribution in [0.25, 0.3) is 0 Å². The van der Waals surface area contributed by atoms with Gasteiger partial charge in [-0.05, 0) is 36.8 Å². The van der Waals surface area contributed by atoms with Crippen LogP contribution in [-0.2, 0) is 0 Å². The summed E-state index contributed by atoms with van der Waals surface area (Å²) in [7, 11) is 0. The molecule has 0 aliphatic rings. The second-order valence-corrected chi connectivity index (χ2v) is 4.92. The van der Waals surface area contributed by atoms with Crippen LogP contribution >= 0.6 is 23.2 Å². The molecule has 0 amide bonds. The summed E-state index contributed by atoms with van der Waals surface area (Å²) in [4.78, 5) is 4.13. The van der Waals surface area contributed by atoms with E-state index in [0.717, 1.165) is 5.56 Å². The third-order valence-corrected chi connectivity index (χ3v) is 3.04. The average molecular weight is 296 g/mol. The van der Waals surface area contributed by atoms with Crippen molar-refractivity contribution >= 4 is 35.1 Å². The lowest BCUT2D eigenvalue weighted by molar-refractivity contribution is 0.474. The Morgan fingerprint density at radius 1 is 1.11 bits per heavy atom. The van der Waals surface area contributed by atoms with E-state index in [2.05, 4.69) is 4.99 Å². The summed E-state index contributed by atoms with van der Waals surface area (Å²) in [6.07, 6.45) is 1.40. The van der Waals surface area contributed by atoms with Crippen LogP contribution in [0.2, 0.25) is 10.0 Å². The zero-order valence-corrected chi connectivity index (χ0v) is 11.6. The first-order chi connectivity index (χ1) is 8.97. The van der Waals surface area contributed by atoms with Crippen LogP contribution in [0.1, 0.15) is 11.1 Å². The van der Waals surface area contributed by atoms with Crippen molar-refractivity contribution < 1.29 is 10.2 Å². The molecule has 19 heavy (non-hydrogen) atoms. The van der Waals surface area contributed by atoms with Crippen molar-refractivity contribution in [1.29, 1.82) is 0 Å². The van der Waals surface area contributed by atoms with Crippen molar-refractivity contribution in [3.8, 4) is 11.5 Å². The highest BCUT2D eigenvalue weighted by Crippen LogP contribution is 2.31. The number of aromatic hydroxyl groups is 2. The zero-order chi connectivity index (χ0) is 14.0. The first-order valence-electron chi connectivity index (χ1n) is 5.49. The molecular weight excluding hydrogens is 285 g/mol. The number of hydrogen-bond donors (Lipinski definition) is 2. The lowest BCUT2D eigenvalue weighted by Crippen LogP contribution is -1.84. The van der Waals surface area contributed by atoms with E-state index in [-0.39, 0.29) is 16.5 Å². The third-order valence-electron chi connectivity index (χ3n) is 2.53. The van der Waals surface area contributed by atoms with Crippen molar-refractivity contribution in [2.45, 2.75) is 6.92 Å². The van der Waals surface area contributed by atoms with E-state index in [1.807, 2.05) is 6.92 Å². The number of phenolic OH excluding ortho intramolecular Hbond substituents is 2. The fraction of sp³-hybridized carbons (Fsp3) is 0.0714. The van der Waals surface area contributed by atoms with Crippen LogP contribution in [0.3, 0.4) is 0 Å². The molecule has 3 nitrogen and oxygen atoms in total. The summed E-state index contributed by atoms with van der Waals surface area (Å²) in [5.74, 6) is -0.0311. The summed E-state index contributed by atoms with van der Waals surface area (Å²) in [5, 5.41) is 20.0. The fourth-order valence-electron chi connectivity index (χ4n) is 1.56. The van der Waals surface area contributed by atoms with Crippen LogP contribution in [0.15, 0.2) is 35.3 Å². The Hall–Kier alpha value is -1.71. The third kappa shape index (κ3) is 3.19. The number of aliphatic imine (C=N–C) groups is 1. The van der Waals surface area contributed by atoms with Crippen LogP contribution in [-0.4, -0.2) is 16.4 Å². The highest BCUT2D eigenvalue weighted by Gasteiger charge is 2.06. The van der Waals surface area contributed by atoms with Crippen molar-refractivity contribution in [1.82, 2.24) is 0 Å². The lowest BCUT2D eigenvalue weighted by atomic mass is 10.2. The first-order valence-corrected chi connectivity index (χ1v) is 6.24. The van der Waals surface area contributed by atoms with Gasteiger partial charge in [0.1, 0.15) is 17.2 Å². The van der Waals surface area contributed by atoms with Gasteiger partial charge in [0.25, 0.3) is 0 Å². The summed E-state index contributed by atoms with van der Waals surface area (Å²) >= 11 is 11.7. The molecule has 0 unspecified atom stereocenters. The van der Waals surface area contributed by atoms with Crippen LogP contribution in [0.5, 0.6) is 11.5 Å². The van der Waals surface area contributed by atoms with E-state index in [1.165, 1.54) is 12.3 Å². The summed E-state index contributed by atoms with van der Waals surface area (Å²) < 4.78 is 0. The maximum atomic E-state index is 9.78. The number of aryl methyl sites for hydroxylation is 1. The molecule has 0 spiro atoms. The number of hydrogen-bond acceptors (Lipinski definition) is 3. The van der Waals surface area contributed by atoms with Gasteiger partial charge in [0, 0.05) is 16.8 Å². The Balaban J connectivity index is 2.40. The molecule has 0 fully saturated rings. The topological polar surface area (TPSA) is 52.8 Å². The summed E-state index contributed by atoms with van der Waals surface area (Å²) in [6, 6.07) is 8.06. The number of benzene rings is 2. The van der Waals surface area contributed by atoms with Crippen LogP contribution in [0, 0.1) is 6.92 Å². The van der Waals surface area contributed by atoms with Crippen molar-refractivity contribution in [3.63, 3.8) is 0 Å². The van der Waals surface area contributed by atoms with Crippen molar-refractivity contribution in [2.24, 2.45) is 4.99 Å². The largest absolute Gasteiger partial charge is 0.506 e. The van der Waals surface area contributed by atoms with Crippen molar-refractivity contribution in [2.75, 3.05) is 0 Å². The normalized spacial score (nSPS) is 11.1. The van der Waals surface area contributed by atoms with E-state index >= 15 is 0 Å². The van der Waals surface area contributed by atoms with Gasteiger partial charge in [-0.2, -0.15) is 0 Å². The molecule has 0 saturated heterocycles. The smallest absolute Gasteiger partial charge is 0.143 e. The number of rotatable bonds is 2. The number of nitrogens with zero attached hydrogens (tertiary/aromatic N) is 1. The molecule has 0 aliphatic carbocycles. The van der Waals surface area contributed by atoms with Gasteiger partial charge in [-0.15, -0.1) is 0 Å². The number of halogens is 2. The maximum Gasteiger partial charge on any atom is 0.143 e. The highest BCUT2D eigenvalue weighted by molar-refractivity contribution is 6.36. The van der Waals surface area contributed by atoms with Gasteiger partial charge in [-0.1, -0.05) is 29.3 Å². The average Bonchev–Trinajstić information content (AvgIpc) is 2.35. The molecular formula is C14H11Cl2NO2. The van der Waals surface area contributed by atoms with Gasteiger partial charge < -0.3 is 10.2 Å². The minimum Gasteiger partial charge on any atom is -0.506 e. The predicted molar refractivity (Wildman–Crippen MR) is 78.2 cm³/mol. The SMILES string of the molecule is Cc1ccc(O)c(N=Cc2cc(Cl)cc(Cl)c2O)c1. The Morgan fingerprint density at radius 2 is 1.84 bits per heavy atom. The summed E-state index contributed by atoms with van der Waals surface area (Å²) in [5.41, 5.74) is 1.77. The van der Waals surface area contributed by atoms with Gasteiger partial charge >= 0.3 is 0 Å². The molecule has 0 heterocycles. The van der Waals surface area contributed by atoms with Gasteiger partial charge in [-0.25, -0.2) is 0 Å². The Bertz CT molecular complexity index is 654. The van der Waals surface area contributed by atoms with E-state index < -0.39 is 0 Å². The van der Waals surface area contributed by atoms with Crippen LogP contribution < -0.4 is 0 Å². The van der Waals surface area contributed by atoms with Gasteiger partial charge in [0.15, 0.2) is 0 Å². The molecule has 0 bridgehead atoms. The molecule has 0 radical (unpaired) electrons. The lowest BCUT2D eigenvalue weighted by Gasteiger charge is -2.03. The van der Waals surface area contributed by atoms with Crippen LogP contribution in [0.4, 0.5) is 5.69 Å². The molecule has 5 heteroatoms. The minimum absolute atomic E-state index is 0.0643. The molecule has 0 aliphatic heterocycles. The molecule has 2 rings (SSSR count). The number of phenols is 2. The molecule has 2 N–H and O–H groups in total. The quantitative estimate of drug-likeness (QED) is 0.804. The second-order valence-electron chi connectivity index (χ2n) is 4.08. The molecule has 0 atom stereocenters. The van der Waals surface area contributed by atoms with Gasteiger partial charge in [-0.3, -0.25) is 4.99 Å². The highest BCUT2D eigenvalue weighted by atomic mass is 35.5. The fourth-order valence-corrected chi connectivity index (χ4v) is 2.07. The van der Waals surface area contributed by atoms with E-state index in [1.54, 1.807) is 24.3 Å². The van der Waals surface area contributed by atoms with Gasteiger partial charge in [0.05, 0.1) is 5.02 Å². The Kier molecular flexibility index (Phi) is 3.98. The first kappa shape index (κ1) is 13.7. The molecule has 98 valence electrons. The zero-order valence-electron chi connectivity index (χ0n) is 10.1. The molecule has 2 aromatic carbocycles. The monoisotopic (exact) mass is 295 g/mol. The standard InChI is InChI=1S/C14H11Cl2NO2/c1-8-2-3-13(18)12(4-8)17-7-9-5-10(15)6-11(16)14(9)19/h2-7,18-19H,1H3. The summed E-state index contributed by atoms with van der Waals surface area (Å²) in [6.45, 7) is 1.90. The second kappa shape index (κ2) is 5.51. The maximum absolute atomic E-state index is 9.78. The van der Waals surface area contributed by atoms with E-state index in [0.29, 0.717) is 16.3 Å². The minimum atomic E-state index is -0.0954. The predicted octanol–water partition coefficient (Wildman–Crippen LogP) is 4.46. The van der Waals surface area contributed by atoms with E-state index in [4.69, 9.17) is 23.2 Å². The molecule has 0 aromatic heterocycles. The van der Waals surface area contributed by atoms with E-state index in [9.17, 15) is 10.2 Å². The Morgan fingerprint density at radius 3 is 2.58 bits per heavy atom. The molecule has 2 aromatic rings.